The molecule has 0 unspecified atom stereocenters. The Balaban J connectivity index is 1.47. The van der Waals surface area contributed by atoms with Crippen molar-refractivity contribution in [1.29, 1.82) is 0 Å². The highest BCUT2D eigenvalue weighted by molar-refractivity contribution is 6.32. The van der Waals surface area contributed by atoms with Gasteiger partial charge in [-0.2, -0.15) is 0 Å². The number of hydrogen-bond acceptors (Lipinski definition) is 6. The number of methoxy groups -OCH3 is 2. The number of anilines is 1. The number of carbonyl (C=O) groups is 2. The van der Waals surface area contributed by atoms with Gasteiger partial charge in [-0.1, -0.05) is 11.6 Å². The average molecular weight is 463 g/mol. The maximum Gasteiger partial charge on any atom is 0.331 e. The molecule has 7 nitrogen and oxygen atoms in total. The first-order chi connectivity index (χ1) is 15.4. The number of carbonyl (C=O) groups excluding carboxylic acids is 2. The van der Waals surface area contributed by atoms with Crippen molar-refractivity contribution in [2.75, 3.05) is 51.9 Å². The summed E-state index contributed by atoms with van der Waals surface area (Å²) in [7, 11) is 2.97. The Morgan fingerprint density at radius 3 is 2.38 bits per heavy atom. The molecule has 1 fully saturated rings. The molecule has 1 aliphatic rings. The first-order valence-electron chi connectivity index (χ1n) is 9.96. The zero-order valence-electron chi connectivity index (χ0n) is 17.8. The number of esters is 1. The van der Waals surface area contributed by atoms with Crippen LogP contribution in [-0.4, -0.2) is 63.8 Å². The fraction of sp³-hybridized carbons (Fsp3) is 0.304. The molecule has 1 saturated heterocycles. The van der Waals surface area contributed by atoms with Crippen molar-refractivity contribution in [3.63, 3.8) is 0 Å². The number of amides is 1. The van der Waals surface area contributed by atoms with Gasteiger partial charge in [-0.25, -0.2) is 9.18 Å². The lowest BCUT2D eigenvalue weighted by Crippen LogP contribution is -2.49. The van der Waals surface area contributed by atoms with E-state index in [1.54, 1.807) is 29.2 Å². The fourth-order valence-electron chi connectivity index (χ4n) is 3.34. The minimum atomic E-state index is -0.644. The standard InChI is InChI=1S/C23H24ClFN2O5/c1-30-20-14-16(13-19(24)23(20)31-2)3-8-22(29)32-15-21(28)27-11-9-26(10-12-27)18-6-4-17(25)5-7-18/h3-8,13-14H,9-12,15H2,1-2H3/b8-3+. The Labute approximate surface area is 190 Å². The molecular weight excluding hydrogens is 439 g/mol. The van der Waals surface area contributed by atoms with Crippen molar-refractivity contribution in [1.82, 2.24) is 4.90 Å². The zero-order valence-corrected chi connectivity index (χ0v) is 18.6. The molecule has 1 amide bonds. The summed E-state index contributed by atoms with van der Waals surface area (Å²) in [6.45, 7) is 1.88. The summed E-state index contributed by atoms with van der Waals surface area (Å²) in [6.07, 6.45) is 2.74. The van der Waals surface area contributed by atoms with Crippen LogP contribution in [0, 0.1) is 5.82 Å². The number of rotatable bonds is 7. The Hall–Kier alpha value is -3.26. The van der Waals surface area contributed by atoms with Gasteiger partial charge in [-0.15, -0.1) is 0 Å². The molecule has 0 N–H and O–H groups in total. The van der Waals surface area contributed by atoms with Gasteiger partial charge in [0.05, 0.1) is 19.2 Å². The van der Waals surface area contributed by atoms with E-state index in [-0.39, 0.29) is 18.3 Å². The van der Waals surface area contributed by atoms with Gasteiger partial charge in [0, 0.05) is 37.9 Å². The summed E-state index contributed by atoms with van der Waals surface area (Å²) in [5.74, 6) is -0.358. The van der Waals surface area contributed by atoms with E-state index in [0.29, 0.717) is 48.3 Å². The van der Waals surface area contributed by atoms with Crippen molar-refractivity contribution in [3.05, 3.63) is 58.9 Å². The molecule has 0 spiro atoms. The molecule has 1 aliphatic heterocycles. The normalized spacial score (nSPS) is 13.9. The van der Waals surface area contributed by atoms with Crippen LogP contribution < -0.4 is 14.4 Å². The van der Waals surface area contributed by atoms with E-state index in [9.17, 15) is 14.0 Å². The predicted molar refractivity (Wildman–Crippen MR) is 120 cm³/mol. The molecule has 9 heteroatoms. The van der Waals surface area contributed by atoms with Gasteiger partial charge in [0.2, 0.25) is 0 Å². The Bertz CT molecular complexity index is 989. The zero-order chi connectivity index (χ0) is 23.1. The average Bonchev–Trinajstić information content (AvgIpc) is 2.81. The highest BCUT2D eigenvalue weighted by Gasteiger charge is 2.22. The Kier molecular flexibility index (Phi) is 7.94. The topological polar surface area (TPSA) is 68.3 Å². The summed E-state index contributed by atoms with van der Waals surface area (Å²) >= 11 is 6.15. The lowest BCUT2D eigenvalue weighted by molar-refractivity contribution is -0.148. The van der Waals surface area contributed by atoms with Crippen molar-refractivity contribution in [3.8, 4) is 11.5 Å². The molecular formula is C23H24ClFN2O5. The molecule has 0 aliphatic carbocycles. The van der Waals surface area contributed by atoms with Crippen LogP contribution in [0.2, 0.25) is 5.02 Å². The lowest BCUT2D eigenvalue weighted by Gasteiger charge is -2.36. The molecule has 2 aromatic rings. The van der Waals surface area contributed by atoms with Crippen LogP contribution in [0.15, 0.2) is 42.5 Å². The molecule has 1 heterocycles. The van der Waals surface area contributed by atoms with Crippen LogP contribution in [0.1, 0.15) is 5.56 Å². The van der Waals surface area contributed by atoms with Crippen molar-refractivity contribution < 1.29 is 28.2 Å². The summed E-state index contributed by atoms with van der Waals surface area (Å²) in [5, 5.41) is 0.342. The smallest absolute Gasteiger partial charge is 0.331 e. The maximum absolute atomic E-state index is 13.1. The van der Waals surface area contributed by atoms with Gasteiger partial charge in [-0.05, 0) is 48.0 Å². The highest BCUT2D eigenvalue weighted by Crippen LogP contribution is 2.36. The third-order valence-corrected chi connectivity index (χ3v) is 5.31. The van der Waals surface area contributed by atoms with Crippen LogP contribution in [0.4, 0.5) is 10.1 Å². The summed E-state index contributed by atoms with van der Waals surface area (Å²) in [5.41, 5.74) is 1.53. The highest BCUT2D eigenvalue weighted by atomic mass is 35.5. The van der Waals surface area contributed by atoms with Gasteiger partial charge in [0.1, 0.15) is 5.82 Å². The molecule has 0 radical (unpaired) electrons. The van der Waals surface area contributed by atoms with Crippen LogP contribution in [0.3, 0.4) is 0 Å². The third kappa shape index (κ3) is 5.91. The lowest BCUT2D eigenvalue weighted by atomic mass is 10.2. The first-order valence-corrected chi connectivity index (χ1v) is 10.3. The minimum absolute atomic E-state index is 0.264. The first kappa shape index (κ1) is 23.4. The van der Waals surface area contributed by atoms with Gasteiger partial charge in [0.25, 0.3) is 5.91 Å². The van der Waals surface area contributed by atoms with E-state index < -0.39 is 5.97 Å². The van der Waals surface area contributed by atoms with E-state index in [1.165, 1.54) is 38.5 Å². The molecule has 0 aromatic heterocycles. The van der Waals surface area contributed by atoms with E-state index in [1.807, 2.05) is 0 Å². The van der Waals surface area contributed by atoms with Crippen molar-refractivity contribution in [2.45, 2.75) is 0 Å². The van der Waals surface area contributed by atoms with Crippen LogP contribution in [0.5, 0.6) is 11.5 Å². The second-order valence-corrected chi connectivity index (χ2v) is 7.43. The Morgan fingerprint density at radius 2 is 1.75 bits per heavy atom. The van der Waals surface area contributed by atoms with Gasteiger partial charge in [-0.3, -0.25) is 4.79 Å². The molecule has 3 rings (SSSR count). The second-order valence-electron chi connectivity index (χ2n) is 7.02. The second kappa shape index (κ2) is 10.9. The number of benzene rings is 2. The summed E-state index contributed by atoms with van der Waals surface area (Å²) < 4.78 is 28.5. The number of nitrogens with zero attached hydrogens (tertiary/aromatic N) is 2. The van der Waals surface area contributed by atoms with E-state index >= 15 is 0 Å². The van der Waals surface area contributed by atoms with E-state index in [4.69, 9.17) is 25.8 Å². The molecule has 32 heavy (non-hydrogen) atoms. The Morgan fingerprint density at radius 1 is 1.06 bits per heavy atom. The van der Waals surface area contributed by atoms with Gasteiger partial charge < -0.3 is 24.0 Å². The number of hydrogen-bond donors (Lipinski definition) is 0. The largest absolute Gasteiger partial charge is 0.493 e. The van der Waals surface area contributed by atoms with Crippen LogP contribution >= 0.6 is 11.6 Å². The fourth-order valence-corrected chi connectivity index (χ4v) is 3.63. The molecule has 0 atom stereocenters. The minimum Gasteiger partial charge on any atom is -0.493 e. The number of halogens is 2. The predicted octanol–water partition coefficient (Wildman–Crippen LogP) is 3.40. The molecule has 2 aromatic carbocycles. The SMILES string of the molecule is COc1cc(/C=C/C(=O)OCC(=O)N2CCN(c3ccc(F)cc3)CC2)cc(Cl)c1OC. The summed E-state index contributed by atoms with van der Waals surface area (Å²) in [6, 6.07) is 9.54. The van der Waals surface area contributed by atoms with Crippen LogP contribution in [-0.2, 0) is 14.3 Å². The van der Waals surface area contributed by atoms with Crippen LogP contribution in [0.25, 0.3) is 6.08 Å². The summed E-state index contributed by atoms with van der Waals surface area (Å²) in [4.78, 5) is 28.1. The van der Waals surface area contributed by atoms with Gasteiger partial charge >= 0.3 is 5.97 Å². The maximum atomic E-state index is 13.1. The molecule has 170 valence electrons. The van der Waals surface area contributed by atoms with E-state index in [2.05, 4.69) is 4.90 Å². The molecule has 0 saturated carbocycles. The quantitative estimate of drug-likeness (QED) is 0.464. The monoisotopic (exact) mass is 462 g/mol. The van der Waals surface area contributed by atoms with E-state index in [0.717, 1.165) is 5.69 Å². The molecule has 0 bridgehead atoms. The van der Waals surface area contributed by atoms with Gasteiger partial charge in [0.15, 0.2) is 18.1 Å². The number of piperazine rings is 1. The van der Waals surface area contributed by atoms with Crippen molar-refractivity contribution in [2.24, 2.45) is 0 Å². The number of ether oxygens (including phenoxy) is 3. The third-order valence-electron chi connectivity index (χ3n) is 5.03. The van der Waals surface area contributed by atoms with Crippen molar-refractivity contribution >= 4 is 35.2 Å².